The van der Waals surface area contributed by atoms with E-state index < -0.39 is 0 Å². The summed E-state index contributed by atoms with van der Waals surface area (Å²) in [6, 6.07) is 0. The Hall–Kier alpha value is -0.700. The Balaban J connectivity index is 2.59. The molecule has 0 radical (unpaired) electrons. The largest absolute Gasteiger partial charge is 0.357 e. The van der Waals surface area contributed by atoms with E-state index in [1.54, 1.807) is 6.92 Å². The number of carbonyl (C=O) groups is 2. The monoisotopic (exact) mass is 268 g/mol. The van der Waals surface area contributed by atoms with Crippen molar-refractivity contribution in [2.75, 3.05) is 6.54 Å². The normalized spacial score (nSPS) is 26.7. The molecule has 0 aromatic heterocycles. The molecule has 0 aromatic rings. The summed E-state index contributed by atoms with van der Waals surface area (Å²) < 4.78 is 0. The molecule has 0 aliphatic heterocycles. The van der Waals surface area contributed by atoms with Crippen LogP contribution in [0.15, 0.2) is 0 Å². The van der Waals surface area contributed by atoms with Crippen LogP contribution in [0.25, 0.3) is 0 Å². The topological polar surface area (TPSA) is 61.8 Å². The summed E-state index contributed by atoms with van der Waals surface area (Å²) in [6.07, 6.45) is 6.38. The molecule has 1 rings (SSSR count). The third-order valence-corrected chi connectivity index (χ3v) is 4.89. The van der Waals surface area contributed by atoms with Crippen molar-refractivity contribution in [3.05, 3.63) is 0 Å². The van der Waals surface area contributed by atoms with Crippen LogP contribution in [0.1, 0.15) is 59.3 Å². The quantitative estimate of drug-likeness (QED) is 0.769. The standard InChI is InChI=1S/C16H29NO2/c1-4-13-7-5-6-8-14(13)16(19)9-11(2)15(10-17)12(3)18/h11,13-15H,4-10,17H2,1-3H3/p+1/t11-,13-,14?,15+/m1/s1. The SMILES string of the molecule is CC[C@@H]1CCCCC1C(=O)C[C@@H](C)[C@H](C[NH3+])C(C)=O. The van der Waals surface area contributed by atoms with E-state index in [4.69, 9.17) is 0 Å². The molecule has 3 N–H and O–H groups in total. The van der Waals surface area contributed by atoms with E-state index in [0.717, 1.165) is 12.8 Å². The summed E-state index contributed by atoms with van der Waals surface area (Å²) in [4.78, 5) is 24.0. The first-order valence-electron chi connectivity index (χ1n) is 7.83. The van der Waals surface area contributed by atoms with Crippen LogP contribution in [0.3, 0.4) is 0 Å². The summed E-state index contributed by atoms with van der Waals surface area (Å²) in [5.74, 6) is 1.47. The first kappa shape index (κ1) is 16.4. The minimum Gasteiger partial charge on any atom is -0.357 e. The number of Topliss-reactive ketones (excluding diaryl/α,β-unsaturated/α-hetero) is 2. The van der Waals surface area contributed by atoms with E-state index in [0.29, 0.717) is 24.7 Å². The van der Waals surface area contributed by atoms with Crippen LogP contribution >= 0.6 is 0 Å². The van der Waals surface area contributed by atoms with Crippen LogP contribution in [0.2, 0.25) is 0 Å². The van der Waals surface area contributed by atoms with Gasteiger partial charge in [0, 0.05) is 12.3 Å². The second-order valence-corrected chi connectivity index (χ2v) is 6.21. The molecule has 0 heterocycles. The maximum atomic E-state index is 12.5. The van der Waals surface area contributed by atoms with Crippen LogP contribution in [0.4, 0.5) is 0 Å². The van der Waals surface area contributed by atoms with Gasteiger partial charge in [-0.25, -0.2) is 0 Å². The molecule has 19 heavy (non-hydrogen) atoms. The highest BCUT2D eigenvalue weighted by Gasteiger charge is 2.32. The third-order valence-electron chi connectivity index (χ3n) is 4.89. The Morgan fingerprint density at radius 3 is 2.42 bits per heavy atom. The second kappa shape index (κ2) is 7.78. The van der Waals surface area contributed by atoms with Gasteiger partial charge in [-0.1, -0.05) is 33.1 Å². The summed E-state index contributed by atoms with van der Waals surface area (Å²) in [6.45, 7) is 6.44. The van der Waals surface area contributed by atoms with Crippen molar-refractivity contribution >= 4 is 11.6 Å². The van der Waals surface area contributed by atoms with Gasteiger partial charge in [-0.2, -0.15) is 0 Å². The highest BCUT2D eigenvalue weighted by molar-refractivity contribution is 5.83. The van der Waals surface area contributed by atoms with Gasteiger partial charge in [0.05, 0.1) is 12.5 Å². The van der Waals surface area contributed by atoms with Gasteiger partial charge in [-0.05, 0) is 31.6 Å². The van der Waals surface area contributed by atoms with Gasteiger partial charge in [0.25, 0.3) is 0 Å². The van der Waals surface area contributed by atoms with Crippen molar-refractivity contribution in [3.63, 3.8) is 0 Å². The van der Waals surface area contributed by atoms with Crippen molar-refractivity contribution in [1.29, 1.82) is 0 Å². The molecular formula is C16H30NO2+. The predicted molar refractivity (Wildman–Crippen MR) is 76.5 cm³/mol. The minimum atomic E-state index is -0.0485. The molecule has 1 aliphatic carbocycles. The number of ketones is 2. The fourth-order valence-electron chi connectivity index (χ4n) is 3.62. The molecular weight excluding hydrogens is 238 g/mol. The second-order valence-electron chi connectivity index (χ2n) is 6.21. The van der Waals surface area contributed by atoms with Crippen molar-refractivity contribution in [2.24, 2.45) is 23.7 Å². The summed E-state index contributed by atoms with van der Waals surface area (Å²) in [5.41, 5.74) is 3.85. The lowest BCUT2D eigenvalue weighted by molar-refractivity contribution is -0.378. The van der Waals surface area contributed by atoms with E-state index in [1.165, 1.54) is 19.3 Å². The lowest BCUT2D eigenvalue weighted by Crippen LogP contribution is -2.56. The van der Waals surface area contributed by atoms with Crippen molar-refractivity contribution < 1.29 is 15.3 Å². The van der Waals surface area contributed by atoms with E-state index in [-0.39, 0.29) is 23.5 Å². The summed E-state index contributed by atoms with van der Waals surface area (Å²) in [7, 11) is 0. The first-order chi connectivity index (χ1) is 9.01. The molecule has 0 amide bonds. The van der Waals surface area contributed by atoms with Crippen LogP contribution in [-0.4, -0.2) is 18.1 Å². The predicted octanol–water partition coefficient (Wildman–Crippen LogP) is 2.25. The van der Waals surface area contributed by atoms with Gasteiger partial charge >= 0.3 is 0 Å². The molecule has 1 fully saturated rings. The third kappa shape index (κ3) is 4.41. The first-order valence-corrected chi connectivity index (χ1v) is 7.83. The van der Waals surface area contributed by atoms with Gasteiger partial charge in [-0.3, -0.25) is 9.59 Å². The number of quaternary nitrogens is 1. The molecule has 0 bridgehead atoms. The molecule has 0 spiro atoms. The van der Waals surface area contributed by atoms with Crippen molar-refractivity contribution in [3.8, 4) is 0 Å². The molecule has 3 nitrogen and oxygen atoms in total. The van der Waals surface area contributed by atoms with E-state index in [9.17, 15) is 9.59 Å². The molecule has 4 atom stereocenters. The molecule has 110 valence electrons. The smallest absolute Gasteiger partial charge is 0.138 e. The Labute approximate surface area is 117 Å². The lowest BCUT2D eigenvalue weighted by atomic mass is 9.73. The average Bonchev–Trinajstić information content (AvgIpc) is 2.38. The summed E-state index contributed by atoms with van der Waals surface area (Å²) in [5, 5.41) is 0. The van der Waals surface area contributed by atoms with Crippen LogP contribution in [0.5, 0.6) is 0 Å². The van der Waals surface area contributed by atoms with Crippen LogP contribution in [0, 0.1) is 23.7 Å². The number of hydrogen-bond acceptors (Lipinski definition) is 2. The average molecular weight is 268 g/mol. The van der Waals surface area contributed by atoms with Crippen molar-refractivity contribution in [1.82, 2.24) is 0 Å². The van der Waals surface area contributed by atoms with Gasteiger partial charge in [0.2, 0.25) is 0 Å². The molecule has 1 unspecified atom stereocenters. The van der Waals surface area contributed by atoms with E-state index >= 15 is 0 Å². The van der Waals surface area contributed by atoms with E-state index in [2.05, 4.69) is 12.7 Å². The fraction of sp³-hybridized carbons (Fsp3) is 0.875. The Kier molecular flexibility index (Phi) is 6.70. The zero-order valence-corrected chi connectivity index (χ0v) is 12.8. The molecule has 0 aromatic carbocycles. The number of hydrogen-bond donors (Lipinski definition) is 1. The maximum Gasteiger partial charge on any atom is 0.138 e. The van der Waals surface area contributed by atoms with Gasteiger partial charge in [0.15, 0.2) is 0 Å². The highest BCUT2D eigenvalue weighted by atomic mass is 16.1. The Bertz CT molecular complexity index is 314. The zero-order valence-electron chi connectivity index (χ0n) is 12.8. The fourth-order valence-corrected chi connectivity index (χ4v) is 3.62. The lowest BCUT2D eigenvalue weighted by Gasteiger charge is -2.31. The molecule has 0 saturated heterocycles. The minimum absolute atomic E-state index is 0.0485. The molecule has 3 heteroatoms. The van der Waals surface area contributed by atoms with Crippen molar-refractivity contribution in [2.45, 2.75) is 59.3 Å². The number of carbonyl (C=O) groups excluding carboxylic acids is 2. The molecule has 1 saturated carbocycles. The molecule has 1 aliphatic rings. The highest BCUT2D eigenvalue weighted by Crippen LogP contribution is 2.34. The maximum absolute atomic E-state index is 12.5. The van der Waals surface area contributed by atoms with Crippen LogP contribution < -0.4 is 5.73 Å². The number of rotatable bonds is 7. The van der Waals surface area contributed by atoms with Crippen LogP contribution in [-0.2, 0) is 9.59 Å². The summed E-state index contributed by atoms with van der Waals surface area (Å²) >= 11 is 0. The van der Waals surface area contributed by atoms with E-state index in [1.807, 2.05) is 6.92 Å². The Morgan fingerprint density at radius 1 is 1.26 bits per heavy atom. The zero-order chi connectivity index (χ0) is 14.4. The van der Waals surface area contributed by atoms with Gasteiger partial charge < -0.3 is 5.73 Å². The Morgan fingerprint density at radius 2 is 1.89 bits per heavy atom. The van der Waals surface area contributed by atoms with Gasteiger partial charge in [-0.15, -0.1) is 0 Å². The van der Waals surface area contributed by atoms with Gasteiger partial charge in [0.1, 0.15) is 11.6 Å².